The van der Waals surface area contributed by atoms with E-state index in [2.05, 4.69) is 60.3 Å². The van der Waals surface area contributed by atoms with Gasteiger partial charge in [-0.05, 0) is 68.9 Å². The van der Waals surface area contributed by atoms with E-state index < -0.39 is 3.37 Å². The molecule has 0 atom stereocenters. The molecule has 26 heteroatoms. The minimum atomic E-state index is -3.69. The summed E-state index contributed by atoms with van der Waals surface area (Å²) in [6.45, 7) is 23.0. The van der Waals surface area contributed by atoms with Gasteiger partial charge in [-0.3, -0.25) is 42.3 Å². The van der Waals surface area contributed by atoms with E-state index in [1.165, 1.54) is 48.5 Å². The minimum absolute atomic E-state index is 0. The van der Waals surface area contributed by atoms with Crippen LogP contribution in [0.5, 0.6) is 0 Å². The Morgan fingerprint density at radius 2 is 0.860 bits per heavy atom. The molecule has 302 valence electrons. The zero-order chi connectivity index (χ0) is 41.6. The number of rotatable bonds is 2. The molecule has 0 bridgehead atoms. The summed E-state index contributed by atoms with van der Waals surface area (Å²) in [4.78, 5) is 48.5. The molecule has 50 heavy (non-hydrogen) atoms. The van der Waals surface area contributed by atoms with E-state index in [1.54, 1.807) is 13.8 Å². The number of nitrogens with one attached hydrogen (secondary N) is 3. The Morgan fingerprint density at radius 1 is 0.680 bits per heavy atom. The number of aryl methyl sites for hydroxylation is 2. The van der Waals surface area contributed by atoms with Crippen LogP contribution in [-0.4, -0.2) is 66.4 Å². The molecule has 1 aromatic heterocycles. The van der Waals surface area contributed by atoms with Crippen LogP contribution in [0.1, 0.15) is 87.8 Å². The van der Waals surface area contributed by atoms with Crippen LogP contribution in [0.4, 0.5) is 0 Å². The van der Waals surface area contributed by atoms with Gasteiger partial charge in [0.25, 0.3) is 0 Å². The molecule has 1 rings (SSSR count). The summed E-state index contributed by atoms with van der Waals surface area (Å²) in [5.41, 5.74) is 10.9. The molecule has 0 saturated carbocycles. The molecule has 0 fully saturated rings. The Balaban J connectivity index is -0.0000000556. The predicted molar refractivity (Wildman–Crippen MR) is 214 cm³/mol. The first-order valence-corrected chi connectivity index (χ1v) is 20.8. The number of carbonyl (C=O) groups is 5. The first kappa shape index (κ1) is 70.1. The molecule has 0 spiro atoms. The van der Waals surface area contributed by atoms with E-state index in [9.17, 15) is 24.0 Å². The summed E-state index contributed by atoms with van der Waals surface area (Å²) in [5.74, 6) is 14.1. The van der Waals surface area contributed by atoms with Crippen molar-refractivity contribution in [3.8, 4) is 0 Å². The van der Waals surface area contributed by atoms with Gasteiger partial charge in [0.05, 0.1) is 0 Å². The molecule has 0 radical (unpaired) electrons. The zero-order valence-corrected chi connectivity index (χ0v) is 36.8. The van der Waals surface area contributed by atoms with Crippen LogP contribution in [0, 0.1) is 13.8 Å². The zero-order valence-electron chi connectivity index (χ0n) is 30.6. The number of hydrogen-bond donors (Lipinski definition) is 7. The number of ketones is 2. The number of amides is 3. The molecule has 0 aliphatic heterocycles. The maximum Gasteiger partial charge on any atom is -0.274 e. The van der Waals surface area contributed by atoms with Crippen molar-refractivity contribution in [2.24, 2.45) is 33.5 Å². The summed E-state index contributed by atoms with van der Waals surface area (Å²) in [6, 6.07) is 0. The third-order valence-corrected chi connectivity index (χ3v) is 2.53. The Kier molecular flexibility index (Phi) is 63.8. The molecular formula is C24H56Cl7N12O6P. The van der Waals surface area contributed by atoms with Gasteiger partial charge in [-0.25, -0.2) is 5.84 Å². The van der Waals surface area contributed by atoms with Crippen molar-refractivity contribution < 1.29 is 29.4 Å². The van der Waals surface area contributed by atoms with Crippen LogP contribution < -0.4 is 39.5 Å². The average Bonchev–Trinajstić information content (AvgIpc) is 3.23. The number of carbonyl (C=O) groups excluding carboxylic acids is 5. The van der Waals surface area contributed by atoms with E-state index in [4.69, 9.17) is 85.1 Å². The Morgan fingerprint density at radius 3 is 0.940 bits per heavy atom. The van der Waals surface area contributed by atoms with Gasteiger partial charge in [0.15, 0.2) is 0 Å². The first-order chi connectivity index (χ1) is 21.9. The van der Waals surface area contributed by atoms with Crippen molar-refractivity contribution in [1.82, 2.24) is 31.0 Å². The maximum absolute atomic E-state index is 10.0. The van der Waals surface area contributed by atoms with Gasteiger partial charge in [0, 0.05) is 27.3 Å². The van der Waals surface area contributed by atoms with Crippen molar-refractivity contribution in [2.75, 3.05) is 6.54 Å². The second-order valence-electron chi connectivity index (χ2n) is 8.16. The van der Waals surface area contributed by atoms with E-state index >= 15 is 0 Å². The van der Waals surface area contributed by atoms with Crippen molar-refractivity contribution in [3.63, 3.8) is 0 Å². The third kappa shape index (κ3) is 148. The number of hydrogen-bond acceptors (Lipinski definition) is 13. The number of nitrogens with two attached hydrogens (primary N) is 4. The van der Waals surface area contributed by atoms with E-state index in [0.717, 1.165) is 24.7 Å². The second kappa shape index (κ2) is 45.5. The monoisotopic (exact) mass is 884 g/mol. The Hall–Kier alpha value is -1.51. The summed E-state index contributed by atoms with van der Waals surface area (Å²) < 4.78 is -1.62. The van der Waals surface area contributed by atoms with Crippen molar-refractivity contribution in [3.05, 3.63) is 11.6 Å². The fourth-order valence-electron chi connectivity index (χ4n) is 1.26. The predicted octanol–water partition coefficient (Wildman–Crippen LogP) is 4.76. The molecular weight excluding hydrogens is 831 g/mol. The number of nitrogens with zero attached hydrogens (tertiary/aromatic N) is 5. The minimum Gasteiger partial charge on any atom is -0.412 e. The third-order valence-electron chi connectivity index (χ3n) is 2.38. The number of hydrazine groups is 3. The fraction of sp³-hybridized carbons (Fsp3) is 0.625. The smallest absolute Gasteiger partial charge is 0.274 e. The normalized spacial score (nSPS) is 9.88. The van der Waals surface area contributed by atoms with Crippen LogP contribution in [0.15, 0.2) is 10.2 Å². The molecule has 1 heterocycles. The van der Waals surface area contributed by atoms with Crippen LogP contribution in [0.2, 0.25) is 0 Å². The maximum atomic E-state index is 10.0. The molecule has 0 saturated heterocycles. The SMILES string of the molecule is C/C(Cl)=N/N=C(/C)Cl.CC(=O)NN.CC(=O)NNC(C)=O.CC(C)=O.CC(C)=O.CCN.CCn1c(C)nnc1C.ClP(Cl)(Cl)(Cl)Cl.NN.O. The second-order valence-corrected chi connectivity index (χ2v) is 25.9. The standard InChI is InChI=1S/C6H11N3.C4H6Cl2N2.C4H8N2O2.2C3H6O.C2H6N2O.C2H7N.Cl5P.H4N2.H2O/c1-4-9-5(2)7-8-6(9)3;1-3(5)7-8-4(2)6;1-3(7)5-6-4(2)8;2*1-3(2)4;1-2(5)4-3;1-2-3;1-6(2,3,4)5;1-2;/h4H2,1-3H3;1-2H3;1-2H3,(H,5,7)(H,6,8);2*1-2H3;3H2,1H3,(H,4,5);2-3H2,1H3;;1-2H2;1H2/b;7-3-,8-4-;;;;;;;;. The average molecular weight is 888 g/mol. The fourth-order valence-corrected chi connectivity index (χ4v) is 1.33. The van der Waals surface area contributed by atoms with E-state index in [0.29, 0.717) is 10.3 Å². The van der Waals surface area contributed by atoms with E-state index in [-0.39, 0.29) is 34.8 Å². The Bertz CT molecular complexity index is 996. The molecule has 13 N–H and O–H groups in total. The van der Waals surface area contributed by atoms with Gasteiger partial charge < -0.3 is 25.4 Å². The molecule has 0 aromatic carbocycles. The van der Waals surface area contributed by atoms with Gasteiger partial charge in [-0.15, -0.1) is 20.4 Å². The number of aromatic nitrogens is 3. The van der Waals surface area contributed by atoms with Crippen molar-refractivity contribution in [1.29, 1.82) is 0 Å². The van der Waals surface area contributed by atoms with Crippen LogP contribution in [0.25, 0.3) is 0 Å². The molecule has 18 nitrogen and oxygen atoms in total. The molecule has 3 amide bonds. The number of Topliss-reactive ketones (excluding diaryl/α,β-unsaturated/α-hetero) is 2. The molecule has 0 aliphatic rings. The summed E-state index contributed by atoms with van der Waals surface area (Å²) in [5, 5.41) is 15.5. The van der Waals surface area contributed by atoms with Gasteiger partial charge in [-0.1, -0.05) is 30.1 Å². The largest absolute Gasteiger partial charge is 0.412 e. The summed E-state index contributed by atoms with van der Waals surface area (Å²) in [6.07, 6.45) is 0. The van der Waals surface area contributed by atoms with Crippen LogP contribution >= 0.6 is 82.8 Å². The molecule has 0 unspecified atom stereocenters. The van der Waals surface area contributed by atoms with Crippen molar-refractivity contribution >= 4 is 122 Å². The number of halogens is 7. The van der Waals surface area contributed by atoms with Gasteiger partial charge in [0.2, 0.25) is 17.7 Å². The first-order valence-electron chi connectivity index (χ1n) is 13.2. The summed E-state index contributed by atoms with van der Waals surface area (Å²) >= 11 is 35.5. The van der Waals surface area contributed by atoms with Crippen molar-refractivity contribution in [2.45, 2.75) is 96.6 Å². The van der Waals surface area contributed by atoms with Gasteiger partial charge in [0.1, 0.15) is 33.6 Å². The molecule has 1 aromatic rings. The van der Waals surface area contributed by atoms with Gasteiger partial charge in [-0.2, -0.15) is 0 Å². The van der Waals surface area contributed by atoms with E-state index in [1.807, 2.05) is 26.2 Å². The molecule has 0 aliphatic carbocycles. The Labute approximate surface area is 329 Å². The van der Waals surface area contributed by atoms with Crippen LogP contribution in [-0.2, 0) is 30.5 Å². The van der Waals surface area contributed by atoms with Gasteiger partial charge >= 0.3 is 59.6 Å². The summed E-state index contributed by atoms with van der Waals surface area (Å²) in [7, 11) is 0. The quantitative estimate of drug-likeness (QED) is 0.0698. The van der Waals surface area contributed by atoms with Crippen LogP contribution in [0.3, 0.4) is 0 Å². The topological polar surface area (TPSA) is 312 Å².